The number of nitrogens with one attached hydrogen (secondary N) is 1. The van der Waals surface area contributed by atoms with Gasteiger partial charge in [0.1, 0.15) is 0 Å². The number of nitrogens with two attached hydrogens (primary N) is 1. The van der Waals surface area contributed by atoms with Crippen LogP contribution in [0.5, 0.6) is 0 Å². The van der Waals surface area contributed by atoms with Gasteiger partial charge in [-0.1, -0.05) is 33.6 Å². The third-order valence-electron chi connectivity index (χ3n) is 5.31. The van der Waals surface area contributed by atoms with Crippen molar-refractivity contribution in [2.24, 2.45) is 17.1 Å². The lowest BCUT2D eigenvalue weighted by molar-refractivity contribution is 0.160. The molecule has 118 valence electrons. The predicted octanol–water partition coefficient (Wildman–Crippen LogP) is 4.02. The van der Waals surface area contributed by atoms with Crippen LogP contribution in [0.3, 0.4) is 0 Å². The van der Waals surface area contributed by atoms with Crippen molar-refractivity contribution >= 4 is 5.84 Å². The Bertz CT molecular complexity index is 291. The van der Waals surface area contributed by atoms with E-state index in [1.165, 1.54) is 51.5 Å². The molecule has 3 N–H and O–H groups in total. The Balaban J connectivity index is 2.18. The van der Waals surface area contributed by atoms with Gasteiger partial charge in [0, 0.05) is 11.5 Å². The van der Waals surface area contributed by atoms with Crippen molar-refractivity contribution in [1.82, 2.24) is 4.90 Å². The van der Waals surface area contributed by atoms with Gasteiger partial charge in [-0.25, -0.2) is 0 Å². The van der Waals surface area contributed by atoms with Gasteiger partial charge < -0.3 is 10.6 Å². The zero-order chi connectivity index (χ0) is 15.2. The van der Waals surface area contributed by atoms with E-state index in [9.17, 15) is 0 Å². The third kappa shape index (κ3) is 5.43. The van der Waals surface area contributed by atoms with Gasteiger partial charge >= 0.3 is 0 Å². The first-order valence-corrected chi connectivity index (χ1v) is 8.41. The molecule has 1 rings (SSSR count). The van der Waals surface area contributed by atoms with Crippen LogP contribution in [0.25, 0.3) is 0 Å². The summed E-state index contributed by atoms with van der Waals surface area (Å²) in [5, 5.41) is 7.58. The molecule has 0 amide bonds. The van der Waals surface area contributed by atoms with E-state index in [4.69, 9.17) is 11.1 Å². The molecule has 1 aliphatic carbocycles. The van der Waals surface area contributed by atoms with Crippen LogP contribution in [0.2, 0.25) is 0 Å². The first-order valence-electron chi connectivity index (χ1n) is 8.41. The Morgan fingerprint density at radius 2 is 1.80 bits per heavy atom. The molecule has 1 saturated carbocycles. The molecule has 3 heteroatoms. The van der Waals surface area contributed by atoms with E-state index < -0.39 is 0 Å². The smallest absolute Gasteiger partial charge is 0.0963 e. The number of amidine groups is 1. The fraction of sp³-hybridized carbons (Fsp3) is 0.941. The molecule has 20 heavy (non-hydrogen) atoms. The predicted molar refractivity (Wildman–Crippen MR) is 88.2 cm³/mol. The zero-order valence-corrected chi connectivity index (χ0v) is 14.0. The van der Waals surface area contributed by atoms with E-state index in [1.54, 1.807) is 0 Å². The number of unbranched alkanes of at least 4 members (excludes halogenated alkanes) is 1. The topological polar surface area (TPSA) is 53.1 Å². The highest BCUT2D eigenvalue weighted by molar-refractivity contribution is 5.82. The Morgan fingerprint density at radius 1 is 1.20 bits per heavy atom. The minimum absolute atomic E-state index is 0.127. The second-order valence-electron chi connectivity index (χ2n) is 7.32. The van der Waals surface area contributed by atoms with Gasteiger partial charge in [-0.2, -0.15) is 0 Å². The molecule has 0 radical (unpaired) electrons. The Morgan fingerprint density at radius 3 is 2.30 bits per heavy atom. The van der Waals surface area contributed by atoms with Crippen LogP contribution < -0.4 is 5.73 Å². The average Bonchev–Trinajstić information content (AvgIpc) is 2.43. The number of rotatable bonds is 8. The SMILES string of the molecule is CCC1CCC(N(C)CCCCC(C)(C)C(=N)N)CC1. The minimum atomic E-state index is -0.127. The van der Waals surface area contributed by atoms with Crippen LogP contribution in [-0.2, 0) is 0 Å². The van der Waals surface area contributed by atoms with Crippen molar-refractivity contribution in [1.29, 1.82) is 5.41 Å². The molecule has 0 aromatic rings. The summed E-state index contributed by atoms with van der Waals surface area (Å²) in [7, 11) is 2.28. The second-order valence-corrected chi connectivity index (χ2v) is 7.32. The highest BCUT2D eigenvalue weighted by Crippen LogP contribution is 2.29. The van der Waals surface area contributed by atoms with Crippen molar-refractivity contribution in [2.75, 3.05) is 13.6 Å². The maximum atomic E-state index is 7.58. The second kappa shape index (κ2) is 8.02. The van der Waals surface area contributed by atoms with Gasteiger partial charge in [0.25, 0.3) is 0 Å². The van der Waals surface area contributed by atoms with Crippen molar-refractivity contribution < 1.29 is 0 Å². The Kier molecular flexibility index (Phi) is 7.01. The monoisotopic (exact) mass is 281 g/mol. The van der Waals surface area contributed by atoms with Gasteiger partial charge in [0.05, 0.1) is 5.84 Å². The van der Waals surface area contributed by atoms with Gasteiger partial charge in [-0.3, -0.25) is 5.41 Å². The zero-order valence-electron chi connectivity index (χ0n) is 14.0. The summed E-state index contributed by atoms with van der Waals surface area (Å²) in [5.74, 6) is 1.31. The van der Waals surface area contributed by atoms with E-state index in [1.807, 2.05) is 0 Å². The van der Waals surface area contributed by atoms with Crippen LogP contribution in [0, 0.1) is 16.7 Å². The van der Waals surface area contributed by atoms with Crippen LogP contribution in [0.15, 0.2) is 0 Å². The van der Waals surface area contributed by atoms with E-state index in [-0.39, 0.29) is 5.41 Å². The lowest BCUT2D eigenvalue weighted by Gasteiger charge is -2.34. The number of hydrogen-bond donors (Lipinski definition) is 2. The highest BCUT2D eigenvalue weighted by Gasteiger charge is 2.23. The molecule has 3 nitrogen and oxygen atoms in total. The van der Waals surface area contributed by atoms with Crippen molar-refractivity contribution in [2.45, 2.75) is 78.2 Å². The summed E-state index contributed by atoms with van der Waals surface area (Å²) >= 11 is 0. The third-order valence-corrected chi connectivity index (χ3v) is 5.31. The molecule has 0 aliphatic heterocycles. The normalized spacial score (nSPS) is 24.1. The van der Waals surface area contributed by atoms with E-state index >= 15 is 0 Å². The van der Waals surface area contributed by atoms with Crippen LogP contribution in [0.4, 0.5) is 0 Å². The summed E-state index contributed by atoms with van der Waals surface area (Å²) in [4.78, 5) is 2.56. The van der Waals surface area contributed by atoms with Gasteiger partial charge in [0.2, 0.25) is 0 Å². The summed E-state index contributed by atoms with van der Waals surface area (Å²) in [6.45, 7) is 7.66. The maximum Gasteiger partial charge on any atom is 0.0963 e. The standard InChI is InChI=1S/C17H35N3/c1-5-14-8-10-15(11-9-14)20(4)13-7-6-12-17(2,3)16(18)19/h14-15H,5-13H2,1-4H3,(H3,18,19). The number of nitrogens with zero attached hydrogens (tertiary/aromatic N) is 1. The molecule has 1 aliphatic rings. The molecule has 0 aromatic heterocycles. The van der Waals surface area contributed by atoms with Crippen LogP contribution in [0.1, 0.15) is 72.1 Å². The molecular formula is C17H35N3. The molecular weight excluding hydrogens is 246 g/mol. The molecule has 0 spiro atoms. The largest absolute Gasteiger partial charge is 0.387 e. The van der Waals surface area contributed by atoms with Gasteiger partial charge in [0.15, 0.2) is 0 Å². The Labute approximate surface area is 125 Å². The molecule has 0 bridgehead atoms. The summed E-state index contributed by atoms with van der Waals surface area (Å²) < 4.78 is 0. The van der Waals surface area contributed by atoms with Crippen molar-refractivity contribution in [3.05, 3.63) is 0 Å². The van der Waals surface area contributed by atoms with Gasteiger partial charge in [-0.05, 0) is 58.0 Å². The number of hydrogen-bond acceptors (Lipinski definition) is 2. The summed E-state index contributed by atoms with van der Waals surface area (Å²) in [6, 6.07) is 0.804. The van der Waals surface area contributed by atoms with E-state index in [2.05, 4.69) is 32.7 Å². The van der Waals surface area contributed by atoms with Crippen molar-refractivity contribution in [3.8, 4) is 0 Å². The lowest BCUT2D eigenvalue weighted by atomic mass is 9.84. The quantitative estimate of drug-likeness (QED) is 0.401. The molecule has 0 atom stereocenters. The van der Waals surface area contributed by atoms with Crippen LogP contribution in [-0.4, -0.2) is 30.4 Å². The fourth-order valence-corrected chi connectivity index (χ4v) is 3.24. The average molecular weight is 281 g/mol. The maximum absolute atomic E-state index is 7.58. The van der Waals surface area contributed by atoms with E-state index in [0.717, 1.165) is 18.4 Å². The Hall–Kier alpha value is -0.570. The first kappa shape index (κ1) is 17.5. The minimum Gasteiger partial charge on any atom is -0.387 e. The molecule has 0 aromatic carbocycles. The highest BCUT2D eigenvalue weighted by atomic mass is 15.1. The first-order chi connectivity index (χ1) is 9.36. The summed E-state index contributed by atoms with van der Waals surface area (Å²) in [5.41, 5.74) is 5.50. The summed E-state index contributed by atoms with van der Waals surface area (Å²) in [6.07, 6.45) is 10.4. The molecule has 0 heterocycles. The van der Waals surface area contributed by atoms with E-state index in [0.29, 0.717) is 5.84 Å². The van der Waals surface area contributed by atoms with Crippen LogP contribution >= 0.6 is 0 Å². The van der Waals surface area contributed by atoms with Crippen molar-refractivity contribution in [3.63, 3.8) is 0 Å². The lowest BCUT2D eigenvalue weighted by Crippen LogP contribution is -2.36. The van der Waals surface area contributed by atoms with Gasteiger partial charge in [-0.15, -0.1) is 0 Å². The molecule has 0 unspecified atom stereocenters. The fourth-order valence-electron chi connectivity index (χ4n) is 3.24. The molecule has 1 fully saturated rings. The molecule has 0 saturated heterocycles.